The van der Waals surface area contributed by atoms with E-state index >= 15 is 0 Å². The lowest BCUT2D eigenvalue weighted by Crippen LogP contribution is -2.44. The summed E-state index contributed by atoms with van der Waals surface area (Å²) in [5, 5.41) is 47.5. The van der Waals surface area contributed by atoms with Crippen LogP contribution < -0.4 is 79.8 Å². The fourth-order valence-electron chi connectivity index (χ4n) is 17.7. The summed E-state index contributed by atoms with van der Waals surface area (Å²) in [5.41, 5.74) is 1.69. The molecule has 0 saturated carbocycles. The molecule has 19 heterocycles. The molecule has 0 aromatic carbocycles. The van der Waals surface area contributed by atoms with Crippen LogP contribution in [0.3, 0.4) is 0 Å². The van der Waals surface area contributed by atoms with Crippen molar-refractivity contribution in [2.75, 3.05) is 197 Å². The normalized spacial score (nSPS) is 24.4. The highest BCUT2D eigenvalue weighted by Crippen LogP contribution is 2.24. The van der Waals surface area contributed by atoms with Crippen molar-refractivity contribution in [3.05, 3.63) is 139 Å². The molecular weight excluding hydrogens is 1760 g/mol. The van der Waals surface area contributed by atoms with Gasteiger partial charge in [-0.25, -0.2) is 34.3 Å². The number of morpholine rings is 1. The third-order valence-electron chi connectivity index (χ3n) is 25.3. The molecule has 138 heavy (non-hydrogen) atoms. The topological polar surface area (TPSA) is 443 Å². The summed E-state index contributed by atoms with van der Waals surface area (Å²) >= 11 is 0. The van der Waals surface area contributed by atoms with Crippen molar-refractivity contribution in [1.82, 2.24) is 139 Å². The average molecular weight is 1920 g/mol. The maximum atomic E-state index is 11.6. The van der Waals surface area contributed by atoms with Gasteiger partial charge in [-0.1, -0.05) is 18.2 Å². The largest absolute Gasteiger partial charge is 0.444 e. The Labute approximate surface area is 820 Å². The molecule has 768 valence electrons. The van der Waals surface area contributed by atoms with Crippen LogP contribution in [0.1, 0.15) is 227 Å². The number of carbonyl (C=O) groups is 7. The molecular formula is C100H167N27O11. The van der Waals surface area contributed by atoms with Gasteiger partial charge in [-0.05, 0) is 305 Å². The summed E-state index contributed by atoms with van der Waals surface area (Å²) in [4.78, 5) is 119. The standard InChI is InChI=1S/C10H13N3O.2C10H20N2O2.2C9H12N4O.C9H18N2O2.C9H16N2O.2C9H12N2.C8H16N2O.C8H16N2/c14-10(9-3-1-2-5-12-9)13-8-4-6-11-7-8;2*1-10(2,3)14-9(13)12(4)8-5-6-11-7-8;2*14-9(8-11-3-1-4-12-8)13-7-2-5-10-6-7;1-9(2,3)13-8(12)11-7-4-5-10-6-7;12-9-2-1-7-11(9)8-3-5-10-6-4-8;1-2-6-10-8(4-1)9-5-3-7-11-9;1-2-5-11-9(3-1)8-4-6-10-7-8;1-2-9-7-8(1)10-3-5-11-6-4-10;1-2-6-10(5-1)8-3-4-9-7-8/h1-3,5,8,11H,4,6-7H2,(H,13,14);2*8,11H,5-7H2,1-4H3;2*1,3-4,7,10H,2,5-6H2,(H,13,14);7,10H,4-6H2,1-3H3,(H,11,12);8,10H,1-7H2;1-2,4,6,9,11H,3,5,7H2;1-3,5,8,10H,4,6-7H2;8-9H,1-7H2;8-9H,1-7H2/t3*8-;3*7-;;;;;/m110100...../s1. The smallest absolute Gasteiger partial charge is 0.410 e. The fraction of sp³-hybridized carbons (Fsp3) is 0.700. The van der Waals surface area contributed by atoms with Crippen LogP contribution in [0.15, 0.2) is 110 Å². The number of rotatable bonds is 14. The van der Waals surface area contributed by atoms with Crippen LogP contribution in [0.4, 0.5) is 14.4 Å². The van der Waals surface area contributed by atoms with E-state index in [1.54, 1.807) is 79.1 Å². The molecule has 0 bridgehead atoms. The Morgan fingerprint density at radius 1 is 0.370 bits per heavy atom. The van der Waals surface area contributed by atoms with Crippen molar-refractivity contribution in [1.29, 1.82) is 0 Å². The van der Waals surface area contributed by atoms with Gasteiger partial charge in [0.1, 0.15) is 22.5 Å². The van der Waals surface area contributed by atoms with Gasteiger partial charge in [0, 0.05) is 214 Å². The van der Waals surface area contributed by atoms with Gasteiger partial charge in [0.15, 0.2) is 0 Å². The van der Waals surface area contributed by atoms with E-state index < -0.39 is 16.8 Å². The Hall–Kier alpha value is -9.26. The second-order valence-electron chi connectivity index (χ2n) is 39.9. The molecule has 0 aliphatic carbocycles. The Morgan fingerprint density at radius 2 is 0.768 bits per heavy atom. The molecule has 4 unspecified atom stereocenters. The molecule has 5 aromatic rings. The minimum Gasteiger partial charge on any atom is -0.444 e. The number of likely N-dealkylation sites (tertiary alicyclic amines) is 2. The highest BCUT2D eigenvalue weighted by molar-refractivity contribution is 5.92. The summed E-state index contributed by atoms with van der Waals surface area (Å²) in [6, 6.07) is 25.1. The molecule has 19 rings (SSSR count). The number of likely N-dealkylation sites (N-methyl/N-ethyl adjacent to an activating group) is 2. The predicted molar refractivity (Wildman–Crippen MR) is 537 cm³/mol. The number of ether oxygens (including phenoxy) is 4. The molecule has 5 aromatic heterocycles. The molecule has 15 N–H and O–H groups in total. The lowest BCUT2D eigenvalue weighted by molar-refractivity contribution is -0.130. The van der Waals surface area contributed by atoms with Crippen LogP contribution in [0.5, 0.6) is 0 Å². The van der Waals surface area contributed by atoms with Crippen LogP contribution in [0, 0.1) is 0 Å². The maximum absolute atomic E-state index is 11.6. The minimum atomic E-state index is -0.407. The van der Waals surface area contributed by atoms with Crippen LogP contribution >= 0.6 is 0 Å². The van der Waals surface area contributed by atoms with Crippen molar-refractivity contribution >= 4 is 41.9 Å². The Morgan fingerprint density at radius 3 is 1.15 bits per heavy atom. The van der Waals surface area contributed by atoms with Gasteiger partial charge in [0.2, 0.25) is 17.6 Å². The van der Waals surface area contributed by atoms with E-state index in [0.29, 0.717) is 29.6 Å². The summed E-state index contributed by atoms with van der Waals surface area (Å²) in [5.74, 6) is 1.02. The van der Waals surface area contributed by atoms with Crippen molar-refractivity contribution in [2.45, 2.75) is 255 Å². The maximum Gasteiger partial charge on any atom is 0.410 e. The molecule has 10 atom stereocenters. The summed E-state index contributed by atoms with van der Waals surface area (Å²) in [6.45, 7) is 46.0. The third kappa shape index (κ3) is 44.3. The molecule has 14 fully saturated rings. The van der Waals surface area contributed by atoms with E-state index in [-0.39, 0.29) is 83.9 Å². The van der Waals surface area contributed by atoms with Crippen LogP contribution in [0.2, 0.25) is 0 Å². The number of alkyl carbamates (subject to hydrolysis) is 1. The molecule has 7 amide bonds. The second kappa shape index (κ2) is 62.1. The predicted octanol–water partition coefficient (Wildman–Crippen LogP) is 5.76. The summed E-state index contributed by atoms with van der Waals surface area (Å²) in [7, 11) is 3.59. The van der Waals surface area contributed by atoms with Gasteiger partial charge < -0.3 is 113 Å². The van der Waals surface area contributed by atoms with E-state index in [4.69, 9.17) is 18.9 Å². The zero-order chi connectivity index (χ0) is 98.6. The number of nitrogens with zero attached hydrogens (tertiary/aromatic N) is 12. The molecule has 0 spiro atoms. The number of hydrogen-bond acceptors (Lipinski definition) is 31. The lowest BCUT2D eigenvalue weighted by Gasteiger charge is -2.31. The Kier molecular flexibility index (Phi) is 50.6. The van der Waals surface area contributed by atoms with Gasteiger partial charge in [-0.3, -0.25) is 43.9 Å². The number of pyridine rings is 3. The van der Waals surface area contributed by atoms with Gasteiger partial charge in [-0.15, -0.1) is 0 Å². The van der Waals surface area contributed by atoms with Crippen LogP contribution in [-0.2, 0) is 23.7 Å². The highest BCUT2D eigenvalue weighted by atomic mass is 16.6. The van der Waals surface area contributed by atoms with Crippen molar-refractivity contribution in [3.63, 3.8) is 0 Å². The molecule has 14 saturated heterocycles. The molecule has 0 radical (unpaired) electrons. The van der Waals surface area contributed by atoms with Crippen molar-refractivity contribution < 1.29 is 52.5 Å². The van der Waals surface area contributed by atoms with E-state index in [2.05, 4.69) is 148 Å². The first-order valence-corrected chi connectivity index (χ1v) is 50.9. The first-order valence-electron chi connectivity index (χ1n) is 50.9. The first-order chi connectivity index (χ1) is 66.6. The Balaban J connectivity index is 0.000000170. The first kappa shape index (κ1) is 112. The number of nitrogens with one attached hydrogen (secondary N) is 15. The minimum absolute atomic E-state index is 0.0840. The summed E-state index contributed by atoms with van der Waals surface area (Å²) < 4.78 is 21.0. The zero-order valence-electron chi connectivity index (χ0n) is 84.4. The number of piperidine rings is 1. The monoisotopic (exact) mass is 1920 g/mol. The molecule has 38 heteroatoms. The van der Waals surface area contributed by atoms with Gasteiger partial charge in [0.25, 0.3) is 17.7 Å². The van der Waals surface area contributed by atoms with Crippen molar-refractivity contribution in [3.8, 4) is 0 Å². The van der Waals surface area contributed by atoms with Gasteiger partial charge >= 0.3 is 18.3 Å². The molecule has 14 aliphatic rings. The second-order valence-corrected chi connectivity index (χ2v) is 39.9. The van der Waals surface area contributed by atoms with Crippen molar-refractivity contribution in [2.24, 2.45) is 0 Å². The number of carbonyl (C=O) groups excluding carboxylic acids is 7. The van der Waals surface area contributed by atoms with Crippen LogP contribution in [0.25, 0.3) is 0 Å². The Bertz CT molecular complexity index is 3890. The van der Waals surface area contributed by atoms with E-state index in [0.717, 1.165) is 220 Å². The number of hydrogen-bond donors (Lipinski definition) is 15. The highest BCUT2D eigenvalue weighted by Gasteiger charge is 2.33. The average Bonchev–Trinajstić information content (AvgIpc) is 1.73. The SMILES string of the molecule is C1CC(N2CCOCC2)CN1.C1CCN(C2CCNC2)C1.CC(C)(C)OC(=O)N[C@H]1CCNC1.CN(C(=O)OC(C)(C)C)[C@@H]1CCNC1.CN(C(=O)OC(C)(C)C)[C@H]1CCNC1.O=C(N[C@@H]1CCNC1)c1ccccn1.O=C(N[C@@H]1CCNC1)c1ncccn1.O=C(N[C@H]1CCNC1)c1ncccn1.O=C1CCCN1C1CCNCC1.c1ccc(C2CCCN2)nc1.c1ccc(C2CCNC2)nc1. The fourth-order valence-corrected chi connectivity index (χ4v) is 17.7. The quantitative estimate of drug-likeness (QED) is 0.0587. The van der Waals surface area contributed by atoms with E-state index in [1.165, 1.54) is 95.6 Å². The number of aromatic nitrogens is 7. The van der Waals surface area contributed by atoms with Gasteiger partial charge in [0.05, 0.1) is 18.9 Å². The van der Waals surface area contributed by atoms with E-state index in [9.17, 15) is 33.6 Å². The third-order valence-corrected chi connectivity index (χ3v) is 25.3. The zero-order valence-corrected chi connectivity index (χ0v) is 84.4. The van der Waals surface area contributed by atoms with Crippen LogP contribution in [-0.4, -0.2) is 370 Å². The van der Waals surface area contributed by atoms with E-state index in [1.807, 2.05) is 99.0 Å². The van der Waals surface area contributed by atoms with Gasteiger partial charge in [-0.2, -0.15) is 0 Å². The summed E-state index contributed by atoms with van der Waals surface area (Å²) in [6.07, 6.45) is 30.2. The lowest BCUT2D eigenvalue weighted by atomic mass is 10.0. The molecule has 14 aliphatic heterocycles. The number of amides is 7. The molecule has 38 nitrogen and oxygen atoms in total.